The number of hydrogen-bond donors (Lipinski definition) is 1. The van der Waals surface area contributed by atoms with Crippen LogP contribution in [0.4, 0.5) is 0 Å². The van der Waals surface area contributed by atoms with Gasteiger partial charge in [-0.15, -0.1) is 0 Å². The van der Waals surface area contributed by atoms with Gasteiger partial charge in [0.05, 0.1) is 11.7 Å². The molecule has 0 aromatic heterocycles. The Balaban J connectivity index is 1.67. The van der Waals surface area contributed by atoms with E-state index in [2.05, 4.69) is 4.90 Å². The van der Waals surface area contributed by atoms with Crippen molar-refractivity contribution in [1.82, 2.24) is 9.21 Å². The number of sulfonamides is 1. The molecule has 2 aliphatic rings. The van der Waals surface area contributed by atoms with Gasteiger partial charge in [0, 0.05) is 38.6 Å². The van der Waals surface area contributed by atoms with Gasteiger partial charge in [-0.05, 0) is 5.56 Å². The van der Waals surface area contributed by atoms with Crippen molar-refractivity contribution < 1.29 is 18.3 Å². The zero-order valence-corrected chi connectivity index (χ0v) is 14.4. The van der Waals surface area contributed by atoms with Gasteiger partial charge in [0.1, 0.15) is 0 Å². The van der Waals surface area contributed by atoms with E-state index in [0.717, 1.165) is 11.8 Å². The molecule has 2 aliphatic heterocycles. The molecule has 6 nitrogen and oxygen atoms in total. The number of aliphatic carboxylic acids is 1. The molecule has 130 valence electrons. The number of fused-ring (bicyclic) bond motifs is 1. The molecule has 0 aliphatic carbocycles. The van der Waals surface area contributed by atoms with Crippen LogP contribution in [0.3, 0.4) is 0 Å². The fraction of sp³-hybridized carbons (Fsp3) is 0.471. The van der Waals surface area contributed by atoms with Gasteiger partial charge in [0.25, 0.3) is 0 Å². The maximum absolute atomic E-state index is 11.9. The van der Waals surface area contributed by atoms with Crippen molar-refractivity contribution in [3.8, 4) is 0 Å². The Morgan fingerprint density at radius 1 is 1.29 bits per heavy atom. The number of carboxylic acid groups (broad SMARTS) is 1. The molecule has 24 heavy (non-hydrogen) atoms. The van der Waals surface area contributed by atoms with Crippen LogP contribution in [0, 0.1) is 11.3 Å². The minimum Gasteiger partial charge on any atom is -0.481 e. The standard InChI is InChI=1S/C17H22N2O4S/c1-24(22,23)19-11-15-10-18(12-17(15,13-19)16(20)21)9-5-8-14-6-3-2-4-7-14/h2-8,15H,9-13H2,1H3,(H,20,21)/b8-5+/t15-,17-/m1/s1. The molecule has 2 fully saturated rings. The monoisotopic (exact) mass is 350 g/mol. The van der Waals surface area contributed by atoms with E-state index < -0.39 is 21.4 Å². The van der Waals surface area contributed by atoms with Crippen molar-refractivity contribution in [3.63, 3.8) is 0 Å². The zero-order chi connectivity index (χ0) is 17.4. The molecule has 1 aromatic rings. The van der Waals surface area contributed by atoms with E-state index >= 15 is 0 Å². The molecule has 7 heteroatoms. The van der Waals surface area contributed by atoms with E-state index in [1.165, 1.54) is 4.31 Å². The first-order chi connectivity index (χ1) is 11.3. The summed E-state index contributed by atoms with van der Waals surface area (Å²) < 4.78 is 24.8. The van der Waals surface area contributed by atoms with Crippen LogP contribution in [0.15, 0.2) is 36.4 Å². The quantitative estimate of drug-likeness (QED) is 0.856. The Labute approximate surface area is 142 Å². The second kappa shape index (κ2) is 6.31. The largest absolute Gasteiger partial charge is 0.481 e. The predicted molar refractivity (Wildman–Crippen MR) is 91.9 cm³/mol. The summed E-state index contributed by atoms with van der Waals surface area (Å²) in [5, 5.41) is 9.71. The lowest BCUT2D eigenvalue weighted by atomic mass is 9.81. The molecule has 0 bridgehead atoms. The van der Waals surface area contributed by atoms with Crippen LogP contribution in [0.25, 0.3) is 6.08 Å². The molecule has 2 saturated heterocycles. The molecule has 0 saturated carbocycles. The highest BCUT2D eigenvalue weighted by Crippen LogP contribution is 2.43. The van der Waals surface area contributed by atoms with Gasteiger partial charge in [-0.3, -0.25) is 9.69 Å². The van der Waals surface area contributed by atoms with Gasteiger partial charge >= 0.3 is 5.97 Å². The minimum absolute atomic E-state index is 0.0741. The summed E-state index contributed by atoms with van der Waals surface area (Å²) in [6, 6.07) is 9.93. The molecular weight excluding hydrogens is 328 g/mol. The number of carbonyl (C=O) groups is 1. The highest BCUT2D eigenvalue weighted by atomic mass is 32.2. The molecular formula is C17H22N2O4S. The summed E-state index contributed by atoms with van der Waals surface area (Å²) in [6.07, 6.45) is 5.19. The maximum atomic E-state index is 11.9. The Morgan fingerprint density at radius 3 is 2.58 bits per heavy atom. The first-order valence-corrected chi connectivity index (χ1v) is 9.78. The summed E-state index contributed by atoms with van der Waals surface area (Å²) in [5.41, 5.74) is 0.122. The summed E-state index contributed by atoms with van der Waals surface area (Å²) >= 11 is 0. The van der Waals surface area contributed by atoms with E-state index in [4.69, 9.17) is 0 Å². The Morgan fingerprint density at radius 2 is 2.00 bits per heavy atom. The van der Waals surface area contributed by atoms with Crippen molar-refractivity contribution in [1.29, 1.82) is 0 Å². The summed E-state index contributed by atoms with van der Waals surface area (Å²) in [4.78, 5) is 13.9. The third-order valence-electron chi connectivity index (χ3n) is 5.02. The van der Waals surface area contributed by atoms with E-state index in [0.29, 0.717) is 26.2 Å². The highest BCUT2D eigenvalue weighted by Gasteiger charge is 2.58. The zero-order valence-electron chi connectivity index (χ0n) is 13.6. The average Bonchev–Trinajstić information content (AvgIpc) is 3.03. The molecule has 0 radical (unpaired) electrons. The van der Waals surface area contributed by atoms with Crippen molar-refractivity contribution in [2.24, 2.45) is 11.3 Å². The molecule has 1 aromatic carbocycles. The lowest BCUT2D eigenvalue weighted by Gasteiger charge is -2.24. The molecule has 0 spiro atoms. The van der Waals surface area contributed by atoms with Crippen molar-refractivity contribution in [2.45, 2.75) is 0 Å². The summed E-state index contributed by atoms with van der Waals surface area (Å²) in [5.74, 6) is -1.05. The van der Waals surface area contributed by atoms with Crippen LogP contribution >= 0.6 is 0 Å². The predicted octanol–water partition coefficient (Wildman–Crippen LogP) is 0.978. The first-order valence-electron chi connectivity index (χ1n) is 7.94. The third-order valence-corrected chi connectivity index (χ3v) is 6.23. The number of benzene rings is 1. The summed E-state index contributed by atoms with van der Waals surface area (Å²) in [7, 11) is -3.35. The SMILES string of the molecule is CS(=O)(=O)N1C[C@H]2CN(C/C=C/c3ccccc3)C[C@@]2(C(=O)O)C1. The number of hydrogen-bond acceptors (Lipinski definition) is 4. The fourth-order valence-electron chi connectivity index (χ4n) is 3.72. The third kappa shape index (κ3) is 3.24. The maximum Gasteiger partial charge on any atom is 0.312 e. The van der Waals surface area contributed by atoms with Gasteiger partial charge in [-0.25, -0.2) is 12.7 Å². The van der Waals surface area contributed by atoms with Crippen LogP contribution in [0.5, 0.6) is 0 Å². The van der Waals surface area contributed by atoms with Gasteiger partial charge in [0.15, 0.2) is 0 Å². The number of likely N-dealkylation sites (tertiary alicyclic amines) is 1. The minimum atomic E-state index is -3.35. The van der Waals surface area contributed by atoms with Crippen LogP contribution in [-0.4, -0.2) is 67.7 Å². The van der Waals surface area contributed by atoms with Crippen molar-refractivity contribution >= 4 is 22.1 Å². The molecule has 1 N–H and O–H groups in total. The van der Waals surface area contributed by atoms with Crippen molar-refractivity contribution in [3.05, 3.63) is 42.0 Å². The second-order valence-electron chi connectivity index (χ2n) is 6.72. The number of nitrogens with zero attached hydrogens (tertiary/aromatic N) is 2. The van der Waals surface area contributed by atoms with Crippen LogP contribution in [0.2, 0.25) is 0 Å². The van der Waals surface area contributed by atoms with Crippen LogP contribution in [-0.2, 0) is 14.8 Å². The topological polar surface area (TPSA) is 77.9 Å². The first kappa shape index (κ1) is 17.1. The van der Waals surface area contributed by atoms with E-state index in [-0.39, 0.29) is 12.5 Å². The van der Waals surface area contributed by atoms with E-state index in [9.17, 15) is 18.3 Å². The van der Waals surface area contributed by atoms with E-state index in [1.54, 1.807) is 0 Å². The van der Waals surface area contributed by atoms with E-state index in [1.807, 2.05) is 42.5 Å². The fourth-order valence-corrected chi connectivity index (χ4v) is 4.63. The smallest absolute Gasteiger partial charge is 0.312 e. The Kier molecular flexibility index (Phi) is 4.50. The molecule has 2 atom stereocenters. The van der Waals surface area contributed by atoms with Gasteiger partial charge in [-0.2, -0.15) is 0 Å². The Hall–Kier alpha value is -1.70. The highest BCUT2D eigenvalue weighted by molar-refractivity contribution is 7.88. The van der Waals surface area contributed by atoms with Crippen molar-refractivity contribution in [2.75, 3.05) is 39.0 Å². The lowest BCUT2D eigenvalue weighted by molar-refractivity contribution is -0.148. The number of carboxylic acids is 1. The lowest BCUT2D eigenvalue weighted by Crippen LogP contribution is -2.41. The van der Waals surface area contributed by atoms with Crippen LogP contribution < -0.4 is 0 Å². The molecule has 0 unspecified atom stereocenters. The Bertz CT molecular complexity index is 747. The molecule has 3 rings (SSSR count). The normalized spacial score (nSPS) is 28.5. The number of rotatable bonds is 5. The average molecular weight is 350 g/mol. The summed E-state index contributed by atoms with van der Waals surface area (Å²) in [6.45, 7) is 2.03. The van der Waals surface area contributed by atoms with Crippen LogP contribution in [0.1, 0.15) is 5.56 Å². The van der Waals surface area contributed by atoms with Gasteiger partial charge < -0.3 is 5.11 Å². The van der Waals surface area contributed by atoms with Gasteiger partial charge in [-0.1, -0.05) is 42.5 Å². The second-order valence-corrected chi connectivity index (χ2v) is 8.70. The molecule has 0 amide bonds. The van der Waals surface area contributed by atoms with Gasteiger partial charge in [0.2, 0.25) is 10.0 Å². The molecule has 2 heterocycles.